The fourth-order valence-corrected chi connectivity index (χ4v) is 5.69. The number of benzene rings is 2. The third-order valence-electron chi connectivity index (χ3n) is 4.42. The Morgan fingerprint density at radius 1 is 1.17 bits per heavy atom. The van der Waals surface area contributed by atoms with E-state index in [4.69, 9.17) is 16.3 Å². The molecule has 0 saturated heterocycles. The molecule has 2 aromatic carbocycles. The van der Waals surface area contributed by atoms with Crippen LogP contribution in [-0.2, 0) is 21.2 Å². The first kappa shape index (κ1) is 19.9. The first-order valence-corrected chi connectivity index (χ1v) is 11.5. The highest BCUT2D eigenvalue weighted by atomic mass is 35.5. The maximum atomic E-state index is 13.2. The van der Waals surface area contributed by atoms with Gasteiger partial charge in [0.2, 0.25) is 10.0 Å². The third kappa shape index (κ3) is 4.45. The number of ether oxygens (including phenoxy) is 1. The molecule has 0 spiro atoms. The largest absolute Gasteiger partial charge is 0.482 e. The van der Waals surface area contributed by atoms with Crippen molar-refractivity contribution in [2.45, 2.75) is 17.4 Å². The Balaban J connectivity index is 1.66. The highest BCUT2D eigenvalue weighted by Gasteiger charge is 2.27. The second kappa shape index (κ2) is 8.16. The van der Waals surface area contributed by atoms with Crippen LogP contribution in [0.2, 0.25) is 5.02 Å². The van der Waals surface area contributed by atoms with Crippen molar-refractivity contribution in [3.8, 4) is 5.75 Å². The number of halogens is 1. The lowest BCUT2D eigenvalue weighted by molar-refractivity contribution is -0.118. The van der Waals surface area contributed by atoms with Gasteiger partial charge in [0.05, 0.1) is 16.8 Å². The molecule has 0 fully saturated rings. The molecule has 0 bridgehead atoms. The van der Waals surface area contributed by atoms with Gasteiger partial charge in [-0.05, 0) is 29.5 Å². The molecule has 1 aliphatic rings. The number of thiophene rings is 1. The quantitative estimate of drug-likeness (QED) is 0.597. The molecule has 150 valence electrons. The monoisotopic (exact) mass is 448 g/mol. The molecule has 9 heteroatoms. The van der Waals surface area contributed by atoms with E-state index in [1.54, 1.807) is 0 Å². The molecule has 0 saturated carbocycles. The van der Waals surface area contributed by atoms with Crippen LogP contribution in [0.5, 0.6) is 5.75 Å². The number of nitrogens with one attached hydrogen (secondary N) is 2. The van der Waals surface area contributed by atoms with Gasteiger partial charge in [-0.25, -0.2) is 13.1 Å². The minimum absolute atomic E-state index is 0.00620. The summed E-state index contributed by atoms with van der Waals surface area (Å²) < 4.78 is 34.4. The summed E-state index contributed by atoms with van der Waals surface area (Å²) in [6.45, 7) is -0.173. The predicted molar refractivity (Wildman–Crippen MR) is 113 cm³/mol. The number of rotatable bonds is 6. The molecule has 1 aliphatic heterocycles. The summed E-state index contributed by atoms with van der Waals surface area (Å²) in [5.74, 6) is -0.0481. The summed E-state index contributed by atoms with van der Waals surface area (Å²) in [4.78, 5) is 12.3. The van der Waals surface area contributed by atoms with Crippen molar-refractivity contribution in [1.82, 2.24) is 4.72 Å². The van der Waals surface area contributed by atoms with Gasteiger partial charge in [-0.3, -0.25) is 4.79 Å². The van der Waals surface area contributed by atoms with E-state index >= 15 is 0 Å². The molecule has 29 heavy (non-hydrogen) atoms. The summed E-state index contributed by atoms with van der Waals surface area (Å²) in [6.07, 6.45) is 0.496. The van der Waals surface area contributed by atoms with E-state index in [1.807, 2.05) is 47.8 Å². The lowest BCUT2D eigenvalue weighted by Gasteiger charge is -2.21. The number of anilines is 1. The van der Waals surface area contributed by atoms with E-state index in [-0.39, 0.29) is 28.2 Å². The topological polar surface area (TPSA) is 84.5 Å². The first-order chi connectivity index (χ1) is 13.9. The lowest BCUT2D eigenvalue weighted by atomic mass is 10.1. The average molecular weight is 449 g/mol. The highest BCUT2D eigenvalue weighted by molar-refractivity contribution is 7.89. The highest BCUT2D eigenvalue weighted by Crippen LogP contribution is 2.36. The Morgan fingerprint density at radius 2 is 1.97 bits per heavy atom. The average Bonchev–Trinajstić information content (AvgIpc) is 3.22. The summed E-state index contributed by atoms with van der Waals surface area (Å²) in [5, 5.41) is 4.53. The molecule has 0 aliphatic carbocycles. The van der Waals surface area contributed by atoms with Crippen molar-refractivity contribution >= 4 is 44.6 Å². The number of hydrogen-bond donors (Lipinski definition) is 2. The van der Waals surface area contributed by atoms with Gasteiger partial charge in [-0.1, -0.05) is 48.0 Å². The molecule has 1 unspecified atom stereocenters. The van der Waals surface area contributed by atoms with Gasteiger partial charge in [0.1, 0.15) is 10.6 Å². The number of sulfonamides is 1. The zero-order chi connectivity index (χ0) is 20.4. The van der Waals surface area contributed by atoms with Crippen LogP contribution in [0, 0.1) is 0 Å². The minimum atomic E-state index is -3.95. The summed E-state index contributed by atoms with van der Waals surface area (Å²) in [7, 11) is -3.95. The summed E-state index contributed by atoms with van der Waals surface area (Å²) >= 11 is 7.72. The van der Waals surface area contributed by atoms with Crippen LogP contribution >= 0.6 is 22.9 Å². The van der Waals surface area contributed by atoms with Crippen molar-refractivity contribution in [2.75, 3.05) is 11.9 Å². The number of amides is 1. The van der Waals surface area contributed by atoms with Gasteiger partial charge in [0, 0.05) is 10.9 Å². The van der Waals surface area contributed by atoms with Gasteiger partial charge in [-0.15, -0.1) is 11.3 Å². The van der Waals surface area contributed by atoms with E-state index in [0.29, 0.717) is 12.1 Å². The maximum absolute atomic E-state index is 13.2. The van der Waals surface area contributed by atoms with E-state index < -0.39 is 16.1 Å². The van der Waals surface area contributed by atoms with Crippen molar-refractivity contribution in [1.29, 1.82) is 0 Å². The van der Waals surface area contributed by atoms with E-state index in [2.05, 4.69) is 10.0 Å². The Kier molecular flexibility index (Phi) is 5.60. The lowest BCUT2D eigenvalue weighted by Crippen LogP contribution is -2.30. The molecule has 1 amide bonds. The van der Waals surface area contributed by atoms with Gasteiger partial charge < -0.3 is 10.1 Å². The van der Waals surface area contributed by atoms with Crippen molar-refractivity contribution in [2.24, 2.45) is 0 Å². The first-order valence-electron chi connectivity index (χ1n) is 8.78. The Morgan fingerprint density at radius 3 is 2.69 bits per heavy atom. The van der Waals surface area contributed by atoms with E-state index in [9.17, 15) is 13.2 Å². The fraction of sp³-hybridized carbons (Fsp3) is 0.150. The Hall–Kier alpha value is -2.39. The number of fused-ring (bicyclic) bond motifs is 1. The van der Waals surface area contributed by atoms with Crippen molar-refractivity contribution in [3.05, 3.63) is 75.4 Å². The van der Waals surface area contributed by atoms with Crippen LogP contribution < -0.4 is 14.8 Å². The molecule has 2 heterocycles. The molecular weight excluding hydrogens is 432 g/mol. The maximum Gasteiger partial charge on any atom is 0.262 e. The van der Waals surface area contributed by atoms with Crippen molar-refractivity contribution in [3.63, 3.8) is 0 Å². The van der Waals surface area contributed by atoms with Crippen molar-refractivity contribution < 1.29 is 17.9 Å². The van der Waals surface area contributed by atoms with Crippen LogP contribution in [0.1, 0.15) is 16.5 Å². The SMILES string of the molecule is O=C1COc2cc(S(=O)(=O)NC(Cc3ccccc3)c3cccs3)c(Cl)cc2N1. The standard InChI is InChI=1S/C20H17ClN2O4S2/c21-14-10-15-17(27-12-20(24)22-15)11-19(14)29(25,26)23-16(18-7-4-8-28-18)9-13-5-2-1-3-6-13/h1-8,10-11,16,23H,9,12H2,(H,22,24). The molecule has 6 nitrogen and oxygen atoms in total. The third-order valence-corrected chi connectivity index (χ3v) is 7.35. The molecule has 2 N–H and O–H groups in total. The van der Waals surface area contributed by atoms with E-state index in [1.165, 1.54) is 23.5 Å². The molecule has 1 aromatic heterocycles. The number of carbonyl (C=O) groups is 1. The number of carbonyl (C=O) groups excluding carboxylic acids is 1. The summed E-state index contributed by atoms with van der Waals surface area (Å²) in [5.41, 5.74) is 1.36. The van der Waals surface area contributed by atoms with Crippen LogP contribution in [0.4, 0.5) is 5.69 Å². The molecule has 4 rings (SSSR count). The normalized spacial score (nSPS) is 14.6. The van der Waals surface area contributed by atoms with Crippen LogP contribution in [0.15, 0.2) is 64.9 Å². The smallest absolute Gasteiger partial charge is 0.262 e. The van der Waals surface area contributed by atoms with Crippen LogP contribution in [0.3, 0.4) is 0 Å². The predicted octanol–water partition coefficient (Wildman–Crippen LogP) is 3.99. The Labute approximate surface area is 177 Å². The Bertz CT molecular complexity index is 1130. The van der Waals surface area contributed by atoms with Gasteiger partial charge in [-0.2, -0.15) is 0 Å². The molecule has 0 radical (unpaired) electrons. The molecule has 3 aromatic rings. The molecule has 1 atom stereocenters. The van der Waals surface area contributed by atoms with E-state index in [0.717, 1.165) is 10.4 Å². The minimum Gasteiger partial charge on any atom is -0.482 e. The van der Waals surface area contributed by atoms with Gasteiger partial charge in [0.25, 0.3) is 5.91 Å². The van der Waals surface area contributed by atoms with Gasteiger partial charge in [0.15, 0.2) is 6.61 Å². The number of hydrogen-bond acceptors (Lipinski definition) is 5. The van der Waals surface area contributed by atoms with Gasteiger partial charge >= 0.3 is 0 Å². The molecular formula is C20H17ClN2O4S2. The fourth-order valence-electron chi connectivity index (χ4n) is 3.08. The zero-order valence-electron chi connectivity index (χ0n) is 15.1. The second-order valence-corrected chi connectivity index (χ2v) is 9.56. The zero-order valence-corrected chi connectivity index (χ0v) is 17.5. The van der Waals surface area contributed by atoms with Crippen LogP contribution in [0.25, 0.3) is 0 Å². The summed E-state index contributed by atoms with van der Waals surface area (Å²) in [6, 6.07) is 15.7. The second-order valence-electron chi connectivity index (χ2n) is 6.49. The van der Waals surface area contributed by atoms with Crippen LogP contribution in [-0.4, -0.2) is 20.9 Å².